The number of hydrogen-bond donors (Lipinski definition) is 2. The van der Waals surface area contributed by atoms with Crippen molar-refractivity contribution in [3.63, 3.8) is 0 Å². The van der Waals surface area contributed by atoms with E-state index >= 15 is 0 Å². The quantitative estimate of drug-likeness (QED) is 0.481. The van der Waals surface area contributed by atoms with E-state index in [0.29, 0.717) is 18.5 Å². The summed E-state index contributed by atoms with van der Waals surface area (Å²) < 4.78 is 0. The van der Waals surface area contributed by atoms with Gasteiger partial charge in [0.2, 0.25) is 0 Å². The van der Waals surface area contributed by atoms with Crippen LogP contribution in [0.25, 0.3) is 0 Å². The summed E-state index contributed by atoms with van der Waals surface area (Å²) in [5, 5.41) is 3.33. The number of guanidine groups is 1. The monoisotopic (exact) mass is 379 g/mol. The third kappa shape index (κ3) is 5.14. The fraction of sp³-hybridized carbons (Fsp3) is 0.615. The van der Waals surface area contributed by atoms with Crippen LogP contribution in [0.1, 0.15) is 41.9 Å². The normalized spacial score (nSPS) is 17.3. The van der Waals surface area contributed by atoms with Gasteiger partial charge in [-0.2, -0.15) is 0 Å². The van der Waals surface area contributed by atoms with E-state index in [1.165, 1.54) is 41.9 Å². The molecule has 102 valence electrons. The molecule has 0 radical (unpaired) electrons. The maximum absolute atomic E-state index is 5.90. The number of aliphatic imine (C=N–C) groups is 1. The van der Waals surface area contributed by atoms with Gasteiger partial charge in [0, 0.05) is 15.8 Å². The molecular formula is C13H22IN3S. The molecular weight excluding hydrogens is 357 g/mol. The highest BCUT2D eigenvalue weighted by Crippen LogP contribution is 2.17. The minimum absolute atomic E-state index is 0. The average Bonchev–Trinajstić information content (AvgIpc) is 2.74. The van der Waals surface area contributed by atoms with E-state index in [1.807, 2.05) is 0 Å². The lowest BCUT2D eigenvalue weighted by atomic mass is 9.96. The van der Waals surface area contributed by atoms with Crippen molar-refractivity contribution in [3.8, 4) is 0 Å². The Morgan fingerprint density at radius 3 is 2.72 bits per heavy atom. The summed E-state index contributed by atoms with van der Waals surface area (Å²) in [5.74, 6) is 0.600. The van der Waals surface area contributed by atoms with Gasteiger partial charge in [-0.1, -0.05) is 19.3 Å². The van der Waals surface area contributed by atoms with Crippen LogP contribution in [0.2, 0.25) is 0 Å². The van der Waals surface area contributed by atoms with Gasteiger partial charge in [-0.15, -0.1) is 35.3 Å². The standard InChI is InChI=1S/C13H21N3S.HI/c1-10-7-8-12(17-10)9-15-13(14)16-11-5-3-2-4-6-11;/h7-8,11H,2-6,9H2,1H3,(H3,14,15,16);1H. The number of thiophene rings is 1. The summed E-state index contributed by atoms with van der Waals surface area (Å²) in [6.45, 7) is 2.81. The molecule has 0 saturated heterocycles. The van der Waals surface area contributed by atoms with Gasteiger partial charge < -0.3 is 11.1 Å². The summed E-state index contributed by atoms with van der Waals surface area (Å²) in [4.78, 5) is 7.00. The Kier molecular flexibility index (Phi) is 6.99. The molecule has 1 aliphatic carbocycles. The van der Waals surface area contributed by atoms with Crippen LogP contribution < -0.4 is 11.1 Å². The molecule has 3 N–H and O–H groups in total. The molecule has 1 aliphatic rings. The number of nitrogens with zero attached hydrogens (tertiary/aromatic N) is 1. The molecule has 1 aromatic heterocycles. The second kappa shape index (κ2) is 7.99. The maximum Gasteiger partial charge on any atom is 0.189 e. The highest BCUT2D eigenvalue weighted by atomic mass is 127. The number of nitrogens with two attached hydrogens (primary N) is 1. The third-order valence-corrected chi connectivity index (χ3v) is 4.14. The van der Waals surface area contributed by atoms with Gasteiger partial charge in [-0.3, -0.25) is 0 Å². The van der Waals surface area contributed by atoms with Gasteiger partial charge in [-0.25, -0.2) is 4.99 Å². The molecule has 1 aromatic rings. The van der Waals surface area contributed by atoms with Gasteiger partial charge in [0.15, 0.2) is 5.96 Å². The van der Waals surface area contributed by atoms with E-state index in [1.54, 1.807) is 11.3 Å². The van der Waals surface area contributed by atoms with Gasteiger partial charge in [0.25, 0.3) is 0 Å². The van der Waals surface area contributed by atoms with Crippen LogP contribution in [0.5, 0.6) is 0 Å². The Hall–Kier alpha value is -0.300. The molecule has 0 aromatic carbocycles. The lowest BCUT2D eigenvalue weighted by molar-refractivity contribution is 0.412. The number of aryl methyl sites for hydroxylation is 1. The Labute approximate surface area is 130 Å². The van der Waals surface area contributed by atoms with Gasteiger partial charge >= 0.3 is 0 Å². The van der Waals surface area contributed by atoms with E-state index in [0.717, 1.165) is 0 Å². The van der Waals surface area contributed by atoms with Crippen molar-refractivity contribution in [1.82, 2.24) is 5.32 Å². The predicted molar refractivity (Wildman–Crippen MR) is 89.8 cm³/mol. The highest BCUT2D eigenvalue weighted by molar-refractivity contribution is 14.0. The summed E-state index contributed by atoms with van der Waals surface area (Å²) in [7, 11) is 0. The molecule has 18 heavy (non-hydrogen) atoms. The molecule has 0 atom stereocenters. The minimum atomic E-state index is 0. The average molecular weight is 379 g/mol. The van der Waals surface area contributed by atoms with Crippen LogP contribution in [0, 0.1) is 6.92 Å². The number of halogens is 1. The maximum atomic E-state index is 5.90. The van der Waals surface area contributed by atoms with Gasteiger partial charge in [0.05, 0.1) is 6.54 Å². The number of nitrogens with one attached hydrogen (secondary N) is 1. The topological polar surface area (TPSA) is 50.4 Å². The van der Waals surface area contributed by atoms with Crippen molar-refractivity contribution in [2.75, 3.05) is 0 Å². The zero-order valence-electron chi connectivity index (χ0n) is 10.8. The van der Waals surface area contributed by atoms with Crippen molar-refractivity contribution in [1.29, 1.82) is 0 Å². The second-order valence-electron chi connectivity index (χ2n) is 4.69. The summed E-state index contributed by atoms with van der Waals surface area (Å²) in [6, 6.07) is 4.79. The number of hydrogen-bond acceptors (Lipinski definition) is 2. The van der Waals surface area contributed by atoms with E-state index < -0.39 is 0 Å². The summed E-state index contributed by atoms with van der Waals surface area (Å²) in [6.07, 6.45) is 6.45. The SMILES string of the molecule is Cc1ccc(CN=C(N)NC2CCCCC2)s1.I. The Morgan fingerprint density at radius 1 is 1.39 bits per heavy atom. The van der Waals surface area contributed by atoms with Crippen LogP contribution in [0.15, 0.2) is 17.1 Å². The van der Waals surface area contributed by atoms with Crippen LogP contribution in [-0.4, -0.2) is 12.0 Å². The largest absolute Gasteiger partial charge is 0.370 e. The first-order valence-electron chi connectivity index (χ1n) is 6.36. The van der Waals surface area contributed by atoms with Crippen molar-refractivity contribution in [3.05, 3.63) is 21.9 Å². The second-order valence-corrected chi connectivity index (χ2v) is 6.07. The minimum Gasteiger partial charge on any atom is -0.370 e. The summed E-state index contributed by atoms with van der Waals surface area (Å²) >= 11 is 1.79. The molecule has 5 heteroatoms. The van der Waals surface area contributed by atoms with Gasteiger partial charge in [-0.05, 0) is 31.9 Å². The Bertz CT molecular complexity index is 383. The molecule has 0 unspecified atom stereocenters. The fourth-order valence-corrected chi connectivity index (χ4v) is 3.05. The Balaban J connectivity index is 0.00000162. The van der Waals surface area contributed by atoms with E-state index in [4.69, 9.17) is 5.73 Å². The molecule has 1 fully saturated rings. The van der Waals surface area contributed by atoms with Crippen LogP contribution >= 0.6 is 35.3 Å². The highest BCUT2D eigenvalue weighted by Gasteiger charge is 2.13. The molecule has 0 amide bonds. The molecule has 1 heterocycles. The lowest BCUT2D eigenvalue weighted by Gasteiger charge is -2.23. The first-order chi connectivity index (χ1) is 8.24. The van der Waals surface area contributed by atoms with E-state index in [-0.39, 0.29) is 24.0 Å². The smallest absolute Gasteiger partial charge is 0.189 e. The lowest BCUT2D eigenvalue weighted by Crippen LogP contribution is -2.41. The van der Waals surface area contributed by atoms with Crippen molar-refractivity contribution >= 4 is 41.3 Å². The van der Waals surface area contributed by atoms with E-state index in [9.17, 15) is 0 Å². The molecule has 2 rings (SSSR count). The zero-order chi connectivity index (χ0) is 12.1. The molecule has 0 bridgehead atoms. The summed E-state index contributed by atoms with van der Waals surface area (Å²) in [5.41, 5.74) is 5.90. The number of rotatable bonds is 3. The van der Waals surface area contributed by atoms with Crippen LogP contribution in [0.4, 0.5) is 0 Å². The van der Waals surface area contributed by atoms with E-state index in [2.05, 4.69) is 29.4 Å². The molecule has 0 aliphatic heterocycles. The van der Waals surface area contributed by atoms with Gasteiger partial charge in [0.1, 0.15) is 0 Å². The van der Waals surface area contributed by atoms with Crippen molar-refractivity contribution in [2.24, 2.45) is 10.7 Å². The first kappa shape index (κ1) is 15.8. The van der Waals surface area contributed by atoms with Crippen LogP contribution in [-0.2, 0) is 6.54 Å². The fourth-order valence-electron chi connectivity index (χ4n) is 2.23. The first-order valence-corrected chi connectivity index (χ1v) is 7.17. The molecule has 0 spiro atoms. The zero-order valence-corrected chi connectivity index (χ0v) is 14.0. The third-order valence-electron chi connectivity index (χ3n) is 3.16. The predicted octanol–water partition coefficient (Wildman–Crippen LogP) is 3.41. The molecule has 3 nitrogen and oxygen atoms in total. The van der Waals surface area contributed by atoms with Crippen molar-refractivity contribution < 1.29 is 0 Å². The van der Waals surface area contributed by atoms with Crippen molar-refractivity contribution in [2.45, 2.75) is 51.6 Å². The Morgan fingerprint density at radius 2 is 2.11 bits per heavy atom. The van der Waals surface area contributed by atoms with Crippen LogP contribution in [0.3, 0.4) is 0 Å². The molecule has 1 saturated carbocycles.